The van der Waals surface area contributed by atoms with Crippen molar-refractivity contribution in [2.75, 3.05) is 0 Å². The van der Waals surface area contributed by atoms with Gasteiger partial charge < -0.3 is 5.11 Å². The highest BCUT2D eigenvalue weighted by Crippen LogP contribution is 2.24. The molecule has 2 rings (SSSR count). The van der Waals surface area contributed by atoms with Gasteiger partial charge in [-0.3, -0.25) is 4.98 Å². The first-order valence-corrected chi connectivity index (χ1v) is 5.07. The Hall–Kier alpha value is -1.41. The summed E-state index contributed by atoms with van der Waals surface area (Å²) in [5.74, 6) is 0. The van der Waals surface area contributed by atoms with Gasteiger partial charge in [-0.25, -0.2) is 0 Å². The van der Waals surface area contributed by atoms with Gasteiger partial charge in [-0.2, -0.15) is 0 Å². The van der Waals surface area contributed by atoms with E-state index in [1.165, 1.54) is 0 Å². The van der Waals surface area contributed by atoms with Gasteiger partial charge in [0, 0.05) is 17.3 Å². The highest BCUT2D eigenvalue weighted by Gasteiger charge is 2.15. The molecular formula is C13H15NO. The van der Waals surface area contributed by atoms with Crippen LogP contribution in [0.5, 0.6) is 0 Å². The number of rotatable bonds is 1. The highest BCUT2D eigenvalue weighted by atomic mass is 16.3. The molecule has 0 saturated heterocycles. The number of aromatic nitrogens is 1. The van der Waals surface area contributed by atoms with Crippen molar-refractivity contribution in [3.05, 3.63) is 41.7 Å². The molecule has 0 fully saturated rings. The predicted octanol–water partition coefficient (Wildman–Crippen LogP) is 2.77. The Bertz CT molecular complexity index is 497. The van der Waals surface area contributed by atoms with Crippen molar-refractivity contribution in [2.45, 2.75) is 26.4 Å². The molecule has 2 aromatic rings. The van der Waals surface area contributed by atoms with Crippen molar-refractivity contribution in [2.24, 2.45) is 0 Å². The molecule has 0 aliphatic heterocycles. The van der Waals surface area contributed by atoms with Crippen LogP contribution in [0.1, 0.15) is 25.1 Å². The van der Waals surface area contributed by atoms with E-state index in [4.69, 9.17) is 0 Å². The normalized spacial score (nSPS) is 12.0. The third-order valence-electron chi connectivity index (χ3n) is 2.67. The van der Waals surface area contributed by atoms with E-state index in [9.17, 15) is 5.11 Å². The summed E-state index contributed by atoms with van der Waals surface area (Å²) in [4.78, 5) is 4.24. The number of benzene rings is 1. The molecule has 0 bridgehead atoms. The lowest BCUT2D eigenvalue weighted by Gasteiger charge is -2.18. The van der Waals surface area contributed by atoms with E-state index < -0.39 is 5.60 Å². The largest absolute Gasteiger partial charge is 0.386 e. The summed E-state index contributed by atoms with van der Waals surface area (Å²) in [6.45, 7) is 5.58. The van der Waals surface area contributed by atoms with Gasteiger partial charge in [0.2, 0.25) is 0 Å². The topological polar surface area (TPSA) is 33.1 Å². The lowest BCUT2D eigenvalue weighted by molar-refractivity contribution is 0.0787. The van der Waals surface area contributed by atoms with Gasteiger partial charge in [-0.15, -0.1) is 0 Å². The van der Waals surface area contributed by atoms with E-state index in [2.05, 4.69) is 4.98 Å². The highest BCUT2D eigenvalue weighted by molar-refractivity contribution is 5.84. The maximum atomic E-state index is 9.90. The van der Waals surface area contributed by atoms with E-state index >= 15 is 0 Å². The Balaban J connectivity index is 2.68. The average Bonchev–Trinajstić information content (AvgIpc) is 2.16. The number of fused-ring (bicyclic) bond motifs is 1. The van der Waals surface area contributed by atoms with Gasteiger partial charge in [0.15, 0.2) is 0 Å². The standard InChI is InChI=1S/C13H15NO/c1-9-12-5-4-11(13(2,3)15)8-10(12)6-7-14-9/h4-8,15H,1-3H3. The first-order valence-electron chi connectivity index (χ1n) is 5.07. The number of hydrogen-bond donors (Lipinski definition) is 1. The van der Waals surface area contributed by atoms with E-state index in [0.29, 0.717) is 0 Å². The number of hydrogen-bond acceptors (Lipinski definition) is 2. The van der Waals surface area contributed by atoms with E-state index in [-0.39, 0.29) is 0 Å². The zero-order valence-corrected chi connectivity index (χ0v) is 9.28. The second-order valence-corrected chi connectivity index (χ2v) is 4.39. The summed E-state index contributed by atoms with van der Waals surface area (Å²) < 4.78 is 0. The van der Waals surface area contributed by atoms with Crippen LogP contribution in [0.4, 0.5) is 0 Å². The molecular weight excluding hydrogens is 186 g/mol. The maximum Gasteiger partial charge on any atom is 0.0840 e. The fourth-order valence-electron chi connectivity index (χ4n) is 1.71. The summed E-state index contributed by atoms with van der Waals surface area (Å²) >= 11 is 0. The van der Waals surface area contributed by atoms with Crippen LogP contribution in [-0.4, -0.2) is 10.1 Å². The Morgan fingerprint density at radius 1 is 1.20 bits per heavy atom. The second kappa shape index (κ2) is 3.31. The molecule has 2 heteroatoms. The summed E-state index contributed by atoms with van der Waals surface area (Å²) in [7, 11) is 0. The van der Waals surface area contributed by atoms with Crippen LogP contribution in [0.3, 0.4) is 0 Å². The van der Waals surface area contributed by atoms with E-state index in [0.717, 1.165) is 22.0 Å². The summed E-state index contributed by atoms with van der Waals surface area (Å²) in [6.07, 6.45) is 1.80. The zero-order chi connectivity index (χ0) is 11.1. The molecule has 78 valence electrons. The SMILES string of the molecule is Cc1nccc2cc(C(C)(C)O)ccc12. The monoisotopic (exact) mass is 201 g/mol. The van der Waals surface area contributed by atoms with Gasteiger partial charge in [-0.05, 0) is 43.9 Å². The number of aliphatic hydroxyl groups is 1. The minimum atomic E-state index is -0.786. The third-order valence-corrected chi connectivity index (χ3v) is 2.67. The molecule has 1 N–H and O–H groups in total. The Morgan fingerprint density at radius 2 is 1.93 bits per heavy atom. The molecule has 0 saturated carbocycles. The second-order valence-electron chi connectivity index (χ2n) is 4.39. The van der Waals surface area contributed by atoms with Crippen molar-refractivity contribution in [3.8, 4) is 0 Å². The first kappa shape index (κ1) is 10.1. The van der Waals surface area contributed by atoms with Gasteiger partial charge in [0.1, 0.15) is 0 Å². The predicted molar refractivity (Wildman–Crippen MR) is 61.7 cm³/mol. The fourth-order valence-corrected chi connectivity index (χ4v) is 1.71. The zero-order valence-electron chi connectivity index (χ0n) is 9.28. The summed E-state index contributed by atoms with van der Waals surface area (Å²) in [5, 5.41) is 12.2. The van der Waals surface area contributed by atoms with Gasteiger partial charge >= 0.3 is 0 Å². The molecule has 0 aliphatic carbocycles. The molecule has 1 aromatic carbocycles. The van der Waals surface area contributed by atoms with E-state index in [1.807, 2.05) is 31.2 Å². The average molecular weight is 201 g/mol. The molecule has 0 amide bonds. The Labute approximate surface area is 89.6 Å². The van der Waals surface area contributed by atoms with Gasteiger partial charge in [0.25, 0.3) is 0 Å². The summed E-state index contributed by atoms with van der Waals surface area (Å²) in [6, 6.07) is 7.96. The molecule has 0 atom stereocenters. The molecule has 1 heterocycles. The van der Waals surface area contributed by atoms with Crippen molar-refractivity contribution in [1.29, 1.82) is 0 Å². The fraction of sp³-hybridized carbons (Fsp3) is 0.308. The van der Waals surface area contributed by atoms with Crippen LogP contribution in [-0.2, 0) is 5.60 Å². The molecule has 15 heavy (non-hydrogen) atoms. The molecule has 2 nitrogen and oxygen atoms in total. The summed E-state index contributed by atoms with van der Waals surface area (Å²) in [5.41, 5.74) is 1.17. The smallest absolute Gasteiger partial charge is 0.0840 e. The van der Waals surface area contributed by atoms with Crippen LogP contribution < -0.4 is 0 Å². The van der Waals surface area contributed by atoms with Crippen molar-refractivity contribution in [1.82, 2.24) is 4.98 Å². The van der Waals surface area contributed by atoms with E-state index in [1.54, 1.807) is 20.0 Å². The van der Waals surface area contributed by atoms with Crippen LogP contribution >= 0.6 is 0 Å². The molecule has 0 unspecified atom stereocenters. The van der Waals surface area contributed by atoms with Crippen LogP contribution in [0.25, 0.3) is 10.8 Å². The Morgan fingerprint density at radius 3 is 2.60 bits per heavy atom. The van der Waals surface area contributed by atoms with Crippen molar-refractivity contribution < 1.29 is 5.11 Å². The lowest BCUT2D eigenvalue weighted by atomic mass is 9.95. The number of pyridine rings is 1. The third kappa shape index (κ3) is 1.85. The molecule has 0 spiro atoms. The van der Waals surface area contributed by atoms with Gasteiger partial charge in [0.05, 0.1) is 5.60 Å². The Kier molecular flexibility index (Phi) is 2.24. The quantitative estimate of drug-likeness (QED) is 0.769. The number of aryl methyl sites for hydroxylation is 1. The maximum absolute atomic E-state index is 9.90. The molecule has 0 radical (unpaired) electrons. The van der Waals surface area contributed by atoms with Crippen LogP contribution in [0.15, 0.2) is 30.5 Å². The lowest BCUT2D eigenvalue weighted by Crippen LogP contribution is -2.15. The van der Waals surface area contributed by atoms with Gasteiger partial charge in [-0.1, -0.05) is 12.1 Å². The van der Waals surface area contributed by atoms with Crippen LogP contribution in [0, 0.1) is 6.92 Å². The van der Waals surface area contributed by atoms with Crippen molar-refractivity contribution in [3.63, 3.8) is 0 Å². The minimum absolute atomic E-state index is 0.786. The minimum Gasteiger partial charge on any atom is -0.386 e. The van der Waals surface area contributed by atoms with Crippen LogP contribution in [0.2, 0.25) is 0 Å². The molecule has 1 aromatic heterocycles. The first-order chi connectivity index (χ1) is 6.98. The molecule has 0 aliphatic rings. The van der Waals surface area contributed by atoms with Crippen molar-refractivity contribution >= 4 is 10.8 Å². The number of nitrogens with zero attached hydrogens (tertiary/aromatic N) is 1.